The largest absolute Gasteiger partial charge is 0.327 e. The van der Waals surface area contributed by atoms with Gasteiger partial charge in [-0.15, -0.1) is 0 Å². The van der Waals surface area contributed by atoms with Gasteiger partial charge in [-0.3, -0.25) is 0 Å². The highest BCUT2D eigenvalue weighted by Crippen LogP contribution is 2.39. The normalized spacial score (nSPS) is 21.4. The topological polar surface area (TPSA) is 41.1 Å². The Bertz CT molecular complexity index is 965. The molecule has 1 atom stereocenters. The van der Waals surface area contributed by atoms with E-state index in [1.54, 1.807) is 0 Å². The molecule has 0 bridgehead atoms. The van der Waals surface area contributed by atoms with Crippen molar-refractivity contribution in [3.8, 4) is 0 Å². The van der Waals surface area contributed by atoms with Gasteiger partial charge in [0.05, 0.1) is 6.04 Å². The van der Waals surface area contributed by atoms with Gasteiger partial charge in [0.1, 0.15) is 0 Å². The molecule has 0 radical (unpaired) electrons. The predicted octanol–water partition coefficient (Wildman–Crippen LogP) is 6.65. The van der Waals surface area contributed by atoms with E-state index < -0.39 is 0 Å². The number of allylic oxidation sites excluding steroid dienone is 1. The first-order chi connectivity index (χ1) is 13.6. The third kappa shape index (κ3) is 3.96. The van der Waals surface area contributed by atoms with Crippen molar-refractivity contribution in [2.24, 2.45) is 0 Å². The van der Waals surface area contributed by atoms with Crippen LogP contribution in [0.15, 0.2) is 65.4 Å². The summed E-state index contributed by atoms with van der Waals surface area (Å²) in [6, 6.07) is 15.1. The lowest BCUT2D eigenvalue weighted by molar-refractivity contribution is 0.238. The highest BCUT2D eigenvalue weighted by atomic mass is 35.5. The van der Waals surface area contributed by atoms with Crippen molar-refractivity contribution in [3.63, 3.8) is 0 Å². The van der Waals surface area contributed by atoms with E-state index in [1.165, 1.54) is 5.57 Å². The zero-order valence-electron chi connectivity index (χ0n) is 15.5. The van der Waals surface area contributed by atoms with Gasteiger partial charge in [-0.1, -0.05) is 66.0 Å². The van der Waals surface area contributed by atoms with Crippen molar-refractivity contribution in [3.05, 3.63) is 86.5 Å². The van der Waals surface area contributed by atoms with Crippen LogP contribution >= 0.6 is 23.2 Å². The number of hydrogen-bond acceptors (Lipinski definition) is 1. The molecule has 1 aliphatic carbocycles. The van der Waals surface area contributed by atoms with E-state index in [1.807, 2.05) is 48.5 Å². The van der Waals surface area contributed by atoms with Crippen LogP contribution in [0, 0.1) is 0 Å². The molecular formula is C23H22Cl2N2O. The van der Waals surface area contributed by atoms with Gasteiger partial charge in [0.15, 0.2) is 0 Å². The van der Waals surface area contributed by atoms with Crippen molar-refractivity contribution in [1.29, 1.82) is 0 Å². The molecule has 2 aromatic rings. The maximum absolute atomic E-state index is 12.5. The first-order valence-corrected chi connectivity index (χ1v) is 10.4. The molecule has 1 heterocycles. The lowest BCUT2D eigenvalue weighted by atomic mass is 9.85. The van der Waals surface area contributed by atoms with Gasteiger partial charge in [-0.25, -0.2) is 4.79 Å². The first-order valence-electron chi connectivity index (χ1n) is 9.64. The Morgan fingerprint density at radius 3 is 2.39 bits per heavy atom. The van der Waals surface area contributed by atoms with Crippen LogP contribution in [-0.2, 0) is 0 Å². The van der Waals surface area contributed by atoms with E-state index in [9.17, 15) is 4.79 Å². The SMILES string of the molecule is O=C1NC2=C(CCCCC/C2=C\c2ccccc2Cl)C(c2ccccc2Cl)N1. The Hall–Kier alpha value is -2.23. The summed E-state index contributed by atoms with van der Waals surface area (Å²) < 4.78 is 0. The highest BCUT2D eigenvalue weighted by Gasteiger charge is 2.31. The molecule has 28 heavy (non-hydrogen) atoms. The van der Waals surface area contributed by atoms with Crippen LogP contribution in [0.5, 0.6) is 0 Å². The molecule has 0 spiro atoms. The van der Waals surface area contributed by atoms with E-state index in [4.69, 9.17) is 23.2 Å². The van der Waals surface area contributed by atoms with E-state index in [0.29, 0.717) is 10.0 Å². The van der Waals surface area contributed by atoms with Crippen LogP contribution in [0.3, 0.4) is 0 Å². The Labute approximate surface area is 175 Å². The third-order valence-electron chi connectivity index (χ3n) is 5.35. The van der Waals surface area contributed by atoms with Gasteiger partial charge < -0.3 is 10.6 Å². The number of amides is 2. The third-order valence-corrected chi connectivity index (χ3v) is 6.04. The molecular weight excluding hydrogens is 391 g/mol. The number of benzene rings is 2. The van der Waals surface area contributed by atoms with E-state index in [2.05, 4.69) is 16.7 Å². The average Bonchev–Trinajstić information content (AvgIpc) is 2.67. The molecule has 2 aromatic carbocycles. The van der Waals surface area contributed by atoms with Gasteiger partial charge in [0.2, 0.25) is 0 Å². The van der Waals surface area contributed by atoms with E-state index >= 15 is 0 Å². The monoisotopic (exact) mass is 412 g/mol. The highest BCUT2D eigenvalue weighted by molar-refractivity contribution is 6.32. The lowest BCUT2D eigenvalue weighted by Crippen LogP contribution is -2.44. The minimum absolute atomic E-state index is 0.200. The van der Waals surface area contributed by atoms with Gasteiger partial charge in [0, 0.05) is 15.7 Å². The average molecular weight is 413 g/mol. The zero-order chi connectivity index (χ0) is 19.5. The molecule has 1 unspecified atom stereocenters. The molecule has 0 aromatic heterocycles. The Morgan fingerprint density at radius 2 is 1.61 bits per heavy atom. The van der Waals surface area contributed by atoms with Crippen molar-refractivity contribution >= 4 is 35.3 Å². The first kappa shape index (κ1) is 19.1. The number of rotatable bonds is 2. The van der Waals surface area contributed by atoms with Crippen LogP contribution in [0.4, 0.5) is 4.79 Å². The lowest BCUT2D eigenvalue weighted by Gasteiger charge is -2.33. The van der Waals surface area contributed by atoms with Crippen LogP contribution in [0.1, 0.15) is 49.3 Å². The van der Waals surface area contributed by atoms with Gasteiger partial charge in [-0.2, -0.15) is 0 Å². The summed E-state index contributed by atoms with van der Waals surface area (Å²) in [5, 5.41) is 7.52. The number of carbonyl (C=O) groups excluding carboxylic acids is 1. The summed E-state index contributed by atoms with van der Waals surface area (Å²) in [5.74, 6) is 0. The maximum Gasteiger partial charge on any atom is 0.319 e. The van der Waals surface area contributed by atoms with Crippen molar-refractivity contribution in [2.45, 2.75) is 38.1 Å². The number of nitrogens with one attached hydrogen (secondary N) is 2. The maximum atomic E-state index is 12.5. The molecule has 2 N–H and O–H groups in total. The smallest absolute Gasteiger partial charge is 0.319 e. The van der Waals surface area contributed by atoms with Crippen molar-refractivity contribution in [2.75, 3.05) is 0 Å². The molecule has 5 heteroatoms. The molecule has 2 amide bonds. The summed E-state index contributed by atoms with van der Waals surface area (Å²) in [6.45, 7) is 0. The minimum Gasteiger partial charge on any atom is -0.327 e. The molecule has 1 aliphatic heterocycles. The Kier molecular flexibility index (Phi) is 5.74. The zero-order valence-corrected chi connectivity index (χ0v) is 17.0. The number of carbonyl (C=O) groups is 1. The molecule has 4 rings (SSSR count). The standard InChI is InChI=1S/C23H22Cl2N2O/c24-19-12-6-4-8-15(19)14-16-9-2-1-3-11-18-21(16)26-23(28)27-22(18)17-10-5-7-13-20(17)25/h4-8,10,12-14,22H,1-3,9,11H2,(H2,26,27,28)/b16-14+. The Morgan fingerprint density at radius 1 is 0.893 bits per heavy atom. The second kappa shape index (κ2) is 8.42. The number of urea groups is 1. The van der Waals surface area contributed by atoms with Gasteiger partial charge in [0.25, 0.3) is 0 Å². The fraction of sp³-hybridized carbons (Fsp3) is 0.261. The molecule has 0 fully saturated rings. The summed E-state index contributed by atoms with van der Waals surface area (Å²) >= 11 is 12.9. The summed E-state index contributed by atoms with van der Waals surface area (Å²) in [5.41, 5.74) is 5.13. The van der Waals surface area contributed by atoms with Crippen molar-refractivity contribution < 1.29 is 4.79 Å². The van der Waals surface area contributed by atoms with Crippen LogP contribution in [-0.4, -0.2) is 6.03 Å². The Balaban J connectivity index is 1.85. The fourth-order valence-corrected chi connectivity index (χ4v) is 4.41. The quantitative estimate of drug-likeness (QED) is 0.569. The molecule has 2 aliphatic rings. The van der Waals surface area contributed by atoms with Gasteiger partial charge in [-0.05, 0) is 66.2 Å². The predicted molar refractivity (Wildman–Crippen MR) is 115 cm³/mol. The van der Waals surface area contributed by atoms with E-state index in [0.717, 1.165) is 54.5 Å². The molecule has 0 saturated heterocycles. The second-order valence-electron chi connectivity index (χ2n) is 7.20. The fourth-order valence-electron chi connectivity index (χ4n) is 3.98. The molecule has 144 valence electrons. The summed E-state index contributed by atoms with van der Waals surface area (Å²) in [6.07, 6.45) is 7.26. The van der Waals surface area contributed by atoms with Crippen LogP contribution in [0.2, 0.25) is 10.0 Å². The van der Waals surface area contributed by atoms with Crippen molar-refractivity contribution in [1.82, 2.24) is 10.6 Å². The van der Waals surface area contributed by atoms with Crippen LogP contribution in [0.25, 0.3) is 6.08 Å². The van der Waals surface area contributed by atoms with E-state index in [-0.39, 0.29) is 12.1 Å². The summed E-state index contributed by atoms with van der Waals surface area (Å²) in [7, 11) is 0. The molecule has 3 nitrogen and oxygen atoms in total. The number of halogens is 2. The minimum atomic E-state index is -0.217. The van der Waals surface area contributed by atoms with Crippen LogP contribution < -0.4 is 10.6 Å². The molecule has 0 saturated carbocycles. The second-order valence-corrected chi connectivity index (χ2v) is 8.02. The van der Waals surface area contributed by atoms with Gasteiger partial charge >= 0.3 is 6.03 Å². The summed E-state index contributed by atoms with van der Waals surface area (Å²) in [4.78, 5) is 12.5. The number of hydrogen-bond donors (Lipinski definition) is 2.